The summed E-state index contributed by atoms with van der Waals surface area (Å²) in [7, 11) is 0. The summed E-state index contributed by atoms with van der Waals surface area (Å²) in [5.74, 6) is 0.626. The number of rotatable bonds is 4. The van der Waals surface area contributed by atoms with Crippen LogP contribution in [0.1, 0.15) is 16.8 Å². The molecule has 26 heavy (non-hydrogen) atoms. The molecular formula is C20H17N3OS2. The minimum Gasteiger partial charge on any atom is -0.269 e. The standard InChI is InChI=1S/C20H17N3OS2/c1-13-5-7-15(8-6-13)17-12-26-20(22-17)25-11-16-10-18(24)23-9-3-4-14(2)19(23)21-16/h3-10,12H,11H2,1-2H3. The largest absolute Gasteiger partial charge is 0.269 e. The summed E-state index contributed by atoms with van der Waals surface area (Å²) in [6.07, 6.45) is 1.75. The van der Waals surface area contributed by atoms with E-state index in [1.165, 1.54) is 5.56 Å². The quantitative estimate of drug-likeness (QED) is 0.481. The van der Waals surface area contributed by atoms with Crippen LogP contribution in [-0.4, -0.2) is 14.4 Å². The molecule has 1 aromatic carbocycles. The maximum absolute atomic E-state index is 12.3. The van der Waals surface area contributed by atoms with Gasteiger partial charge in [-0.3, -0.25) is 9.20 Å². The molecule has 0 fully saturated rings. The highest BCUT2D eigenvalue weighted by Crippen LogP contribution is 2.30. The van der Waals surface area contributed by atoms with Crippen LogP contribution in [0, 0.1) is 13.8 Å². The van der Waals surface area contributed by atoms with Crippen molar-refractivity contribution >= 4 is 28.7 Å². The van der Waals surface area contributed by atoms with E-state index in [9.17, 15) is 4.79 Å². The second-order valence-corrected chi connectivity index (χ2v) is 8.20. The first kappa shape index (κ1) is 17.0. The molecule has 0 aliphatic carbocycles. The van der Waals surface area contributed by atoms with Crippen molar-refractivity contribution in [3.05, 3.63) is 81.2 Å². The van der Waals surface area contributed by atoms with Gasteiger partial charge in [0, 0.05) is 29.0 Å². The van der Waals surface area contributed by atoms with E-state index in [1.54, 1.807) is 39.8 Å². The van der Waals surface area contributed by atoms with E-state index in [1.807, 2.05) is 19.1 Å². The first-order valence-electron chi connectivity index (χ1n) is 8.23. The van der Waals surface area contributed by atoms with E-state index >= 15 is 0 Å². The molecule has 3 aromatic heterocycles. The number of thioether (sulfide) groups is 1. The summed E-state index contributed by atoms with van der Waals surface area (Å²) in [4.78, 5) is 21.6. The lowest BCUT2D eigenvalue weighted by atomic mass is 10.1. The lowest BCUT2D eigenvalue weighted by Gasteiger charge is -2.05. The Labute approximate surface area is 159 Å². The van der Waals surface area contributed by atoms with E-state index in [0.29, 0.717) is 5.75 Å². The summed E-state index contributed by atoms with van der Waals surface area (Å²) in [6, 6.07) is 13.8. The molecule has 0 atom stereocenters. The molecule has 0 bridgehead atoms. The number of aromatic nitrogens is 3. The summed E-state index contributed by atoms with van der Waals surface area (Å²) < 4.78 is 2.56. The van der Waals surface area contributed by atoms with E-state index in [2.05, 4.69) is 41.6 Å². The zero-order valence-electron chi connectivity index (χ0n) is 14.5. The number of benzene rings is 1. The molecule has 0 radical (unpaired) electrons. The van der Waals surface area contributed by atoms with Gasteiger partial charge in [-0.15, -0.1) is 11.3 Å². The highest BCUT2D eigenvalue weighted by molar-refractivity contribution is 8.00. The Morgan fingerprint density at radius 3 is 2.73 bits per heavy atom. The van der Waals surface area contributed by atoms with Crippen molar-refractivity contribution in [3.63, 3.8) is 0 Å². The fraction of sp³-hybridized carbons (Fsp3) is 0.150. The van der Waals surface area contributed by atoms with E-state index < -0.39 is 0 Å². The van der Waals surface area contributed by atoms with Crippen LogP contribution in [-0.2, 0) is 5.75 Å². The normalized spacial score (nSPS) is 11.2. The Kier molecular flexibility index (Phi) is 4.61. The molecule has 4 aromatic rings. The third-order valence-corrected chi connectivity index (χ3v) is 6.17. The molecule has 0 N–H and O–H groups in total. The number of hydrogen-bond donors (Lipinski definition) is 0. The Bertz CT molecular complexity index is 1130. The molecule has 0 amide bonds. The van der Waals surface area contributed by atoms with Gasteiger partial charge in [-0.1, -0.05) is 47.7 Å². The molecule has 0 saturated carbocycles. The highest BCUT2D eigenvalue weighted by atomic mass is 32.2. The van der Waals surface area contributed by atoms with Crippen molar-refractivity contribution in [2.75, 3.05) is 0 Å². The smallest absolute Gasteiger partial charge is 0.258 e. The van der Waals surface area contributed by atoms with Crippen molar-refractivity contribution in [1.29, 1.82) is 0 Å². The molecule has 4 rings (SSSR count). The molecule has 130 valence electrons. The predicted molar refractivity (Wildman–Crippen MR) is 108 cm³/mol. The van der Waals surface area contributed by atoms with Crippen LogP contribution in [0.25, 0.3) is 16.9 Å². The molecular weight excluding hydrogens is 362 g/mol. The Morgan fingerprint density at radius 1 is 1.12 bits per heavy atom. The second kappa shape index (κ2) is 7.05. The van der Waals surface area contributed by atoms with Crippen LogP contribution < -0.4 is 5.56 Å². The number of fused-ring (bicyclic) bond motifs is 1. The monoisotopic (exact) mass is 379 g/mol. The van der Waals surface area contributed by atoms with Gasteiger partial charge in [0.25, 0.3) is 5.56 Å². The number of pyridine rings is 1. The third-order valence-electron chi connectivity index (χ3n) is 4.11. The van der Waals surface area contributed by atoms with Gasteiger partial charge < -0.3 is 0 Å². The van der Waals surface area contributed by atoms with Crippen molar-refractivity contribution in [2.45, 2.75) is 23.9 Å². The Hall–Kier alpha value is -2.44. The number of thiazole rings is 1. The van der Waals surface area contributed by atoms with Crippen molar-refractivity contribution in [1.82, 2.24) is 14.4 Å². The highest BCUT2D eigenvalue weighted by Gasteiger charge is 2.08. The van der Waals surface area contributed by atoms with Gasteiger partial charge in [0.05, 0.1) is 11.4 Å². The van der Waals surface area contributed by atoms with Crippen LogP contribution in [0.3, 0.4) is 0 Å². The fourth-order valence-corrected chi connectivity index (χ4v) is 4.43. The lowest BCUT2D eigenvalue weighted by molar-refractivity contribution is 1.000. The Morgan fingerprint density at radius 2 is 1.92 bits per heavy atom. The molecule has 4 nitrogen and oxygen atoms in total. The average molecular weight is 380 g/mol. The topological polar surface area (TPSA) is 47.3 Å². The van der Waals surface area contributed by atoms with Crippen LogP contribution in [0.2, 0.25) is 0 Å². The van der Waals surface area contributed by atoms with Gasteiger partial charge in [0.1, 0.15) is 5.65 Å². The van der Waals surface area contributed by atoms with Crippen molar-refractivity contribution in [2.24, 2.45) is 0 Å². The van der Waals surface area contributed by atoms with E-state index in [0.717, 1.165) is 32.5 Å². The summed E-state index contributed by atoms with van der Waals surface area (Å²) >= 11 is 3.23. The second-order valence-electron chi connectivity index (χ2n) is 6.12. The van der Waals surface area contributed by atoms with E-state index in [4.69, 9.17) is 4.98 Å². The third kappa shape index (κ3) is 3.43. The van der Waals surface area contributed by atoms with Gasteiger partial charge in [-0.25, -0.2) is 9.97 Å². The summed E-state index contributed by atoms with van der Waals surface area (Å²) in [5.41, 5.74) is 5.79. The Balaban J connectivity index is 1.54. The SMILES string of the molecule is Cc1ccc(-c2csc(SCc3cc(=O)n4cccc(C)c4n3)n2)cc1. The first-order valence-corrected chi connectivity index (χ1v) is 10.1. The van der Waals surface area contributed by atoms with E-state index in [-0.39, 0.29) is 5.56 Å². The lowest BCUT2D eigenvalue weighted by Crippen LogP contribution is -2.15. The van der Waals surface area contributed by atoms with Crippen LogP contribution in [0.5, 0.6) is 0 Å². The average Bonchev–Trinajstić information content (AvgIpc) is 3.10. The zero-order chi connectivity index (χ0) is 18.1. The minimum absolute atomic E-state index is 0.0474. The van der Waals surface area contributed by atoms with Gasteiger partial charge >= 0.3 is 0 Å². The maximum Gasteiger partial charge on any atom is 0.258 e. The number of hydrogen-bond acceptors (Lipinski definition) is 5. The zero-order valence-corrected chi connectivity index (χ0v) is 16.1. The van der Waals surface area contributed by atoms with Gasteiger partial charge in [-0.05, 0) is 25.5 Å². The summed E-state index contributed by atoms with van der Waals surface area (Å²) in [6.45, 7) is 4.04. The first-order chi connectivity index (χ1) is 12.6. The fourth-order valence-electron chi connectivity index (χ4n) is 2.70. The van der Waals surface area contributed by atoms with Crippen LogP contribution in [0.15, 0.2) is 63.2 Å². The van der Waals surface area contributed by atoms with Crippen molar-refractivity contribution < 1.29 is 0 Å². The molecule has 3 heterocycles. The van der Waals surface area contributed by atoms with Crippen molar-refractivity contribution in [3.8, 4) is 11.3 Å². The van der Waals surface area contributed by atoms with Gasteiger partial charge in [0.2, 0.25) is 0 Å². The molecule has 0 aliphatic heterocycles. The number of aryl methyl sites for hydroxylation is 2. The van der Waals surface area contributed by atoms with Gasteiger partial charge in [0.15, 0.2) is 4.34 Å². The molecule has 0 unspecified atom stereocenters. The maximum atomic E-state index is 12.3. The number of nitrogens with zero attached hydrogens (tertiary/aromatic N) is 3. The van der Waals surface area contributed by atoms with Gasteiger partial charge in [-0.2, -0.15) is 0 Å². The molecule has 6 heteroatoms. The summed E-state index contributed by atoms with van der Waals surface area (Å²) in [5, 5.41) is 2.07. The van der Waals surface area contributed by atoms with Crippen LogP contribution >= 0.6 is 23.1 Å². The molecule has 0 spiro atoms. The molecule has 0 aliphatic rings. The minimum atomic E-state index is -0.0474. The predicted octanol–water partition coefficient (Wildman–Crippen LogP) is 4.73. The molecule has 0 saturated heterocycles. The van der Waals surface area contributed by atoms with Crippen LogP contribution in [0.4, 0.5) is 0 Å².